The number of rotatable bonds is 7. The molecule has 29 heavy (non-hydrogen) atoms. The smallest absolute Gasteiger partial charge is 0.410 e. The molecule has 0 N–H and O–H groups in total. The first-order chi connectivity index (χ1) is 14.0. The third-order valence-electron chi connectivity index (χ3n) is 4.76. The maximum atomic E-state index is 12.2. The summed E-state index contributed by atoms with van der Waals surface area (Å²) >= 11 is 0. The van der Waals surface area contributed by atoms with E-state index in [2.05, 4.69) is 18.2 Å². The van der Waals surface area contributed by atoms with Crippen molar-refractivity contribution in [2.75, 3.05) is 11.4 Å². The number of carbonyl (C=O) groups excluding carboxylic acids is 1. The number of carbonyl (C=O) groups is 1. The lowest BCUT2D eigenvalue weighted by molar-refractivity contribution is 0.0645. The van der Waals surface area contributed by atoms with Crippen molar-refractivity contribution in [3.8, 4) is 5.75 Å². The van der Waals surface area contributed by atoms with Crippen molar-refractivity contribution < 1.29 is 14.3 Å². The van der Waals surface area contributed by atoms with E-state index in [9.17, 15) is 4.79 Å². The first kappa shape index (κ1) is 20.5. The van der Waals surface area contributed by atoms with Crippen molar-refractivity contribution in [2.24, 2.45) is 0 Å². The van der Waals surface area contributed by atoms with Gasteiger partial charge in [-0.15, -0.1) is 0 Å². The molecule has 0 radical (unpaired) electrons. The van der Waals surface area contributed by atoms with Crippen molar-refractivity contribution in [2.45, 2.75) is 33.4 Å². The van der Waals surface area contributed by atoms with Crippen molar-refractivity contribution in [1.82, 2.24) is 0 Å². The molecule has 0 aliphatic carbocycles. The molecular formula is C25H27NO3. The van der Waals surface area contributed by atoms with Gasteiger partial charge in [-0.25, -0.2) is 4.79 Å². The van der Waals surface area contributed by atoms with Gasteiger partial charge in [-0.1, -0.05) is 54.6 Å². The summed E-state index contributed by atoms with van der Waals surface area (Å²) in [7, 11) is 0. The lowest BCUT2D eigenvalue weighted by Crippen LogP contribution is -2.37. The fourth-order valence-corrected chi connectivity index (χ4v) is 3.29. The van der Waals surface area contributed by atoms with E-state index in [0.717, 1.165) is 23.2 Å². The molecule has 150 valence electrons. The molecule has 4 heteroatoms. The van der Waals surface area contributed by atoms with Gasteiger partial charge in [0.2, 0.25) is 0 Å². The zero-order chi connectivity index (χ0) is 20.6. The quantitative estimate of drug-likeness (QED) is 0.283. The molecule has 0 heterocycles. The molecule has 0 aliphatic rings. The van der Waals surface area contributed by atoms with E-state index in [1.54, 1.807) is 12.1 Å². The molecule has 4 nitrogen and oxygen atoms in total. The Morgan fingerprint density at radius 2 is 1.62 bits per heavy atom. The van der Waals surface area contributed by atoms with E-state index in [1.165, 1.54) is 5.56 Å². The first-order valence-electron chi connectivity index (χ1n) is 9.90. The zero-order valence-electron chi connectivity index (χ0n) is 17.2. The largest absolute Gasteiger partial charge is 0.515 e. The molecular weight excluding hydrogens is 362 g/mol. The average molecular weight is 389 g/mol. The Kier molecular flexibility index (Phi) is 6.90. The van der Waals surface area contributed by atoms with Crippen LogP contribution in [-0.4, -0.2) is 18.9 Å². The van der Waals surface area contributed by atoms with Gasteiger partial charge in [-0.2, -0.15) is 0 Å². The highest BCUT2D eigenvalue weighted by Crippen LogP contribution is 2.20. The van der Waals surface area contributed by atoms with Crippen LogP contribution in [0.1, 0.15) is 30.5 Å². The predicted octanol–water partition coefficient (Wildman–Crippen LogP) is 5.97. The molecule has 1 unspecified atom stereocenters. The molecule has 3 aromatic carbocycles. The Bertz CT molecular complexity index is 922. The summed E-state index contributed by atoms with van der Waals surface area (Å²) in [6.07, 6.45) is -0.309. The minimum Gasteiger partial charge on any atom is -0.410 e. The zero-order valence-corrected chi connectivity index (χ0v) is 17.2. The summed E-state index contributed by atoms with van der Waals surface area (Å²) in [6, 6.07) is 25.9. The van der Waals surface area contributed by atoms with E-state index in [4.69, 9.17) is 9.47 Å². The molecule has 0 amide bonds. The highest BCUT2D eigenvalue weighted by molar-refractivity contribution is 5.64. The van der Waals surface area contributed by atoms with Crippen LogP contribution in [-0.2, 0) is 11.2 Å². The van der Waals surface area contributed by atoms with Gasteiger partial charge in [0.25, 0.3) is 0 Å². The van der Waals surface area contributed by atoms with Crippen molar-refractivity contribution in [3.63, 3.8) is 0 Å². The number of aryl methyl sites for hydroxylation is 1. The highest BCUT2D eigenvalue weighted by Gasteiger charge is 2.18. The van der Waals surface area contributed by atoms with E-state index < -0.39 is 12.4 Å². The maximum absolute atomic E-state index is 12.2. The van der Waals surface area contributed by atoms with Crippen LogP contribution >= 0.6 is 0 Å². The van der Waals surface area contributed by atoms with Gasteiger partial charge in [-0.3, -0.25) is 0 Å². The van der Waals surface area contributed by atoms with Crippen LogP contribution in [0.25, 0.3) is 0 Å². The second-order valence-electron chi connectivity index (χ2n) is 7.00. The SMILES string of the molecule is CCN(c1cccc(C)c1)C(C)OC(=O)Oc1ccc(Cc2ccccc2)cc1. The maximum Gasteiger partial charge on any atom is 0.515 e. The molecule has 0 fully saturated rings. The Hall–Kier alpha value is -3.27. The monoisotopic (exact) mass is 389 g/mol. The summed E-state index contributed by atoms with van der Waals surface area (Å²) in [6.45, 7) is 6.62. The lowest BCUT2D eigenvalue weighted by atomic mass is 10.1. The number of benzene rings is 3. The topological polar surface area (TPSA) is 38.8 Å². The number of hydrogen-bond donors (Lipinski definition) is 0. The third kappa shape index (κ3) is 5.85. The summed E-state index contributed by atoms with van der Waals surface area (Å²) in [4.78, 5) is 14.3. The molecule has 0 aromatic heterocycles. The number of anilines is 1. The number of ether oxygens (including phenoxy) is 2. The fourth-order valence-electron chi connectivity index (χ4n) is 3.29. The standard InChI is InChI=1S/C25H27NO3/c1-4-26(23-12-8-9-19(2)17-23)20(3)28-25(27)29-24-15-13-22(14-16-24)18-21-10-6-5-7-11-21/h5-17,20H,4,18H2,1-3H3. The Balaban J connectivity index is 1.56. The molecule has 3 rings (SSSR count). The highest BCUT2D eigenvalue weighted by atomic mass is 16.7. The van der Waals surface area contributed by atoms with Crippen LogP contribution in [0.3, 0.4) is 0 Å². The normalized spacial score (nSPS) is 11.6. The molecule has 1 atom stereocenters. The minimum atomic E-state index is -0.709. The van der Waals surface area contributed by atoms with Gasteiger partial charge >= 0.3 is 6.16 Å². The van der Waals surface area contributed by atoms with Gasteiger partial charge in [0.05, 0.1) is 0 Å². The van der Waals surface area contributed by atoms with E-state index in [1.807, 2.05) is 74.2 Å². The second-order valence-corrected chi connectivity index (χ2v) is 7.00. The second kappa shape index (κ2) is 9.78. The lowest BCUT2D eigenvalue weighted by Gasteiger charge is -2.29. The molecule has 0 spiro atoms. The van der Waals surface area contributed by atoms with Gasteiger partial charge < -0.3 is 14.4 Å². The van der Waals surface area contributed by atoms with Crippen LogP contribution in [0, 0.1) is 6.92 Å². The Morgan fingerprint density at radius 3 is 2.28 bits per heavy atom. The van der Waals surface area contributed by atoms with Gasteiger partial charge in [0, 0.05) is 12.2 Å². The van der Waals surface area contributed by atoms with Crippen molar-refractivity contribution >= 4 is 11.8 Å². The first-order valence-corrected chi connectivity index (χ1v) is 9.90. The van der Waals surface area contributed by atoms with Crippen LogP contribution in [0.2, 0.25) is 0 Å². The fraction of sp³-hybridized carbons (Fsp3) is 0.240. The number of nitrogens with zero attached hydrogens (tertiary/aromatic N) is 1. The van der Waals surface area contributed by atoms with E-state index in [-0.39, 0.29) is 0 Å². The van der Waals surface area contributed by atoms with Gasteiger partial charge in [0.1, 0.15) is 5.75 Å². The van der Waals surface area contributed by atoms with E-state index in [0.29, 0.717) is 12.3 Å². The van der Waals surface area contributed by atoms with Crippen LogP contribution < -0.4 is 9.64 Å². The molecule has 0 bridgehead atoms. The molecule has 0 aliphatic heterocycles. The van der Waals surface area contributed by atoms with Crippen LogP contribution in [0.4, 0.5) is 10.5 Å². The Morgan fingerprint density at radius 1 is 0.931 bits per heavy atom. The van der Waals surface area contributed by atoms with Gasteiger partial charge in [0.15, 0.2) is 6.23 Å². The summed E-state index contributed by atoms with van der Waals surface area (Å²) in [5.74, 6) is 0.470. The summed E-state index contributed by atoms with van der Waals surface area (Å²) in [5, 5.41) is 0. The van der Waals surface area contributed by atoms with E-state index >= 15 is 0 Å². The van der Waals surface area contributed by atoms with Gasteiger partial charge in [-0.05, 0) is 68.1 Å². The predicted molar refractivity (Wildman–Crippen MR) is 116 cm³/mol. The Labute approximate surface area is 172 Å². The molecule has 3 aromatic rings. The minimum absolute atomic E-state index is 0.438. The van der Waals surface area contributed by atoms with Crippen LogP contribution in [0.5, 0.6) is 5.75 Å². The molecule has 0 saturated carbocycles. The van der Waals surface area contributed by atoms with Crippen molar-refractivity contribution in [1.29, 1.82) is 0 Å². The molecule has 0 saturated heterocycles. The number of hydrogen-bond acceptors (Lipinski definition) is 4. The van der Waals surface area contributed by atoms with Crippen molar-refractivity contribution in [3.05, 3.63) is 95.6 Å². The average Bonchev–Trinajstić information content (AvgIpc) is 2.71. The third-order valence-corrected chi connectivity index (χ3v) is 4.76. The summed E-state index contributed by atoms with van der Waals surface area (Å²) < 4.78 is 10.8. The van der Waals surface area contributed by atoms with Crippen LogP contribution in [0.15, 0.2) is 78.9 Å². The summed E-state index contributed by atoms with van der Waals surface area (Å²) in [5.41, 5.74) is 4.57.